The normalized spacial score (nSPS) is 36.2. The van der Waals surface area contributed by atoms with Gasteiger partial charge in [0.2, 0.25) is 0 Å². The lowest BCUT2D eigenvalue weighted by Crippen LogP contribution is -2.61. The molecule has 0 aromatic rings. The molecule has 0 N–H and O–H groups in total. The minimum absolute atomic E-state index is 0.125. The van der Waals surface area contributed by atoms with E-state index in [-0.39, 0.29) is 6.47 Å². The molecule has 0 radical (unpaired) electrons. The average Bonchev–Trinajstić information content (AvgIpc) is 3.65. The lowest BCUT2D eigenvalue weighted by atomic mass is 9.57. The summed E-state index contributed by atoms with van der Waals surface area (Å²) < 4.78 is 98.6. The minimum atomic E-state index is -5.79. The number of carbonyl (C=O) groups is 3. The van der Waals surface area contributed by atoms with Crippen molar-refractivity contribution in [3.8, 4) is 0 Å². The number of fused-ring (bicyclic) bond motifs is 1. The largest absolute Gasteiger partial charge is 0.469 e. The highest BCUT2D eigenvalue weighted by atomic mass is 19.4. The van der Waals surface area contributed by atoms with Gasteiger partial charge < -0.3 is 9.47 Å². The predicted octanol–water partition coefficient (Wildman–Crippen LogP) is 5.43. The van der Waals surface area contributed by atoms with Crippen LogP contribution < -0.4 is 0 Å². The van der Waals surface area contributed by atoms with Crippen molar-refractivity contribution in [1.29, 1.82) is 0 Å². The van der Waals surface area contributed by atoms with Gasteiger partial charge in [0.05, 0.1) is 18.4 Å². The lowest BCUT2D eigenvalue weighted by Gasteiger charge is -2.49. The van der Waals surface area contributed by atoms with Crippen LogP contribution in [0.5, 0.6) is 0 Å². The molecule has 0 amide bonds. The Morgan fingerprint density at radius 1 is 1.17 bits per heavy atom. The summed E-state index contributed by atoms with van der Waals surface area (Å²) >= 11 is 0. The van der Waals surface area contributed by atoms with Gasteiger partial charge in [-0.25, -0.2) is 0 Å². The molecule has 200 valence electrons. The summed E-state index contributed by atoms with van der Waals surface area (Å²) in [6, 6.07) is 0. The maximum Gasteiger partial charge on any atom is 0.404 e. The Balaban J connectivity index is 2.16. The second-order valence-electron chi connectivity index (χ2n) is 10.1. The molecule has 0 saturated heterocycles. The van der Waals surface area contributed by atoms with E-state index in [1.807, 2.05) is 0 Å². The summed E-state index contributed by atoms with van der Waals surface area (Å²) in [6.45, 7) is 9.60. The van der Waals surface area contributed by atoms with E-state index in [1.165, 1.54) is 19.9 Å². The van der Waals surface area contributed by atoms with Crippen LogP contribution in [0.4, 0.5) is 26.3 Å². The van der Waals surface area contributed by atoms with E-state index in [2.05, 4.69) is 17.9 Å². The molecule has 0 spiro atoms. The highest BCUT2D eigenvalue weighted by molar-refractivity contribution is 5.85. The van der Waals surface area contributed by atoms with Crippen LogP contribution in [0, 0.1) is 51.8 Å². The van der Waals surface area contributed by atoms with E-state index < -0.39 is 88.9 Å². The van der Waals surface area contributed by atoms with E-state index in [1.54, 1.807) is 0 Å². The number of rotatable bonds is 9. The minimum Gasteiger partial charge on any atom is -0.469 e. The Bertz CT molecular complexity index is 970. The smallest absolute Gasteiger partial charge is 0.404 e. The molecule has 11 heteroatoms. The molecule has 0 aromatic heterocycles. The van der Waals surface area contributed by atoms with Gasteiger partial charge in [-0.3, -0.25) is 14.4 Å². The first-order valence-electron chi connectivity index (χ1n) is 11.4. The summed E-state index contributed by atoms with van der Waals surface area (Å²) in [7, 11) is 1.02. The number of hydrogen-bond acceptors (Lipinski definition) is 5. The van der Waals surface area contributed by atoms with Crippen LogP contribution in [0.2, 0.25) is 0 Å². The average molecular weight is 522 g/mol. The van der Waals surface area contributed by atoms with Gasteiger partial charge in [0.1, 0.15) is 0 Å². The molecule has 3 rings (SSSR count). The van der Waals surface area contributed by atoms with Gasteiger partial charge in [0.25, 0.3) is 0 Å². The van der Waals surface area contributed by atoms with Gasteiger partial charge in [0, 0.05) is 17.3 Å². The van der Waals surface area contributed by atoms with Gasteiger partial charge in [-0.15, -0.1) is 13.2 Å². The Morgan fingerprint density at radius 2 is 1.75 bits per heavy atom. The van der Waals surface area contributed by atoms with Crippen molar-refractivity contribution in [3.63, 3.8) is 0 Å². The molecule has 36 heavy (non-hydrogen) atoms. The maximum absolute atomic E-state index is 14.9. The predicted molar refractivity (Wildman–Crippen MR) is 115 cm³/mol. The van der Waals surface area contributed by atoms with E-state index >= 15 is 0 Å². The zero-order valence-corrected chi connectivity index (χ0v) is 20.0. The van der Waals surface area contributed by atoms with Crippen molar-refractivity contribution in [3.05, 3.63) is 37.5 Å². The van der Waals surface area contributed by atoms with Crippen molar-refractivity contribution in [2.75, 3.05) is 7.11 Å². The van der Waals surface area contributed by atoms with Crippen LogP contribution in [0.25, 0.3) is 0 Å². The molecule has 7 unspecified atom stereocenters. The third kappa shape index (κ3) is 3.55. The van der Waals surface area contributed by atoms with Gasteiger partial charge in [0.15, 0.2) is 5.41 Å². The summed E-state index contributed by atoms with van der Waals surface area (Å²) in [5.41, 5.74) is -8.18. The third-order valence-electron chi connectivity index (χ3n) is 9.05. The fraction of sp³-hybridized carbons (Fsp3) is 0.640. The molecular weight excluding hydrogens is 494 g/mol. The van der Waals surface area contributed by atoms with Crippen molar-refractivity contribution in [1.82, 2.24) is 0 Å². The SMILES string of the molecule is C=CC1C=CC2(C(C(C=C)CC3C(C)C3(C)C(=O)OC=O)(C(F)(F)F)C(F)(F)F)CC2[C@H]1C(=O)OC. The molecule has 0 aromatic carbocycles. The summed E-state index contributed by atoms with van der Waals surface area (Å²) in [5.74, 6) is -9.02. The molecule has 0 aliphatic heterocycles. The standard InChI is InChI=1S/C25H28F6O5/c1-6-14-8-9-22(11-17(22)18(14)19(33)35-5)23(24(26,27)28,25(29,30)31)15(7-2)10-16-13(3)21(16,4)20(34)36-12-32/h6-9,12-18H,1-2,10-11H2,3-5H3/t13?,14?,15?,16?,17?,18-,21?,22?/m0/s1. The fourth-order valence-corrected chi connectivity index (χ4v) is 6.85. The number of allylic oxidation sites excluding steroid dienone is 4. The van der Waals surface area contributed by atoms with Crippen molar-refractivity contribution >= 4 is 18.4 Å². The second kappa shape index (κ2) is 8.76. The lowest BCUT2D eigenvalue weighted by molar-refractivity contribution is -0.375. The molecule has 5 nitrogen and oxygen atoms in total. The van der Waals surface area contributed by atoms with Gasteiger partial charge >= 0.3 is 30.8 Å². The molecule has 8 atom stereocenters. The molecule has 3 aliphatic rings. The van der Waals surface area contributed by atoms with Gasteiger partial charge in [-0.2, -0.15) is 26.3 Å². The zero-order chi connectivity index (χ0) is 27.5. The van der Waals surface area contributed by atoms with Crippen LogP contribution in [0.3, 0.4) is 0 Å². The number of halogens is 6. The van der Waals surface area contributed by atoms with Crippen molar-refractivity contribution in [2.45, 2.75) is 39.0 Å². The molecule has 0 heterocycles. The Labute approximate surface area is 204 Å². The number of ether oxygens (including phenoxy) is 2. The van der Waals surface area contributed by atoms with Crippen molar-refractivity contribution in [2.24, 2.45) is 51.8 Å². The third-order valence-corrected chi connectivity index (χ3v) is 9.05. The summed E-state index contributed by atoms with van der Waals surface area (Å²) in [4.78, 5) is 35.3. The van der Waals surface area contributed by atoms with Crippen LogP contribution in [0.15, 0.2) is 37.5 Å². The maximum atomic E-state index is 14.9. The second-order valence-corrected chi connectivity index (χ2v) is 10.1. The Morgan fingerprint density at radius 3 is 2.19 bits per heavy atom. The molecule has 2 fully saturated rings. The number of hydrogen-bond donors (Lipinski definition) is 0. The van der Waals surface area contributed by atoms with E-state index in [4.69, 9.17) is 4.74 Å². The molecular formula is C25H28F6O5. The molecule has 0 bridgehead atoms. The monoisotopic (exact) mass is 522 g/mol. The van der Waals surface area contributed by atoms with Crippen LogP contribution in [0.1, 0.15) is 26.7 Å². The zero-order valence-electron chi connectivity index (χ0n) is 20.0. The van der Waals surface area contributed by atoms with Crippen molar-refractivity contribution < 1.29 is 50.2 Å². The number of alkyl halides is 6. The number of carbonyl (C=O) groups excluding carboxylic acids is 3. The topological polar surface area (TPSA) is 69.7 Å². The van der Waals surface area contributed by atoms with Crippen LogP contribution in [-0.4, -0.2) is 37.9 Å². The summed E-state index contributed by atoms with van der Waals surface area (Å²) in [6.07, 6.45) is -8.77. The first-order valence-corrected chi connectivity index (χ1v) is 11.4. The van der Waals surface area contributed by atoms with Crippen LogP contribution in [-0.2, 0) is 23.9 Å². The number of esters is 2. The first kappa shape index (κ1) is 28.0. The Kier molecular flexibility index (Phi) is 6.81. The van der Waals surface area contributed by atoms with Crippen LogP contribution >= 0.6 is 0 Å². The van der Waals surface area contributed by atoms with Gasteiger partial charge in [-0.1, -0.05) is 31.2 Å². The van der Waals surface area contributed by atoms with E-state index in [9.17, 15) is 40.7 Å². The van der Waals surface area contributed by atoms with E-state index in [0.717, 1.165) is 19.3 Å². The Hall–Kier alpha value is -2.59. The van der Waals surface area contributed by atoms with E-state index in [0.29, 0.717) is 6.08 Å². The highest BCUT2D eigenvalue weighted by Crippen LogP contribution is 2.80. The molecule has 2 saturated carbocycles. The first-order chi connectivity index (χ1) is 16.6. The fourth-order valence-electron chi connectivity index (χ4n) is 6.85. The quantitative estimate of drug-likeness (QED) is 0.133. The van der Waals surface area contributed by atoms with Gasteiger partial charge in [-0.05, 0) is 37.5 Å². The number of methoxy groups -OCH3 is 1. The highest BCUT2D eigenvalue weighted by Gasteiger charge is 2.88. The summed E-state index contributed by atoms with van der Waals surface area (Å²) in [5, 5.41) is 0. The molecule has 3 aliphatic carbocycles.